The van der Waals surface area contributed by atoms with E-state index < -0.39 is 0 Å². The molecule has 0 bridgehead atoms. The molecule has 0 aliphatic rings. The van der Waals surface area contributed by atoms with Gasteiger partial charge in [-0.05, 0) is 13.8 Å². The van der Waals surface area contributed by atoms with Gasteiger partial charge < -0.3 is 10.5 Å². The first-order chi connectivity index (χ1) is 5.74. The molecule has 1 aromatic heterocycles. The quantitative estimate of drug-likeness (QED) is 0.723. The van der Waals surface area contributed by atoms with Crippen LogP contribution in [0.4, 0.5) is 0 Å². The fraction of sp³-hybridized carbons (Fsp3) is 0.625. The van der Waals surface area contributed by atoms with Gasteiger partial charge in [0.05, 0.1) is 12.7 Å². The number of aryl methyl sites for hydroxylation is 1. The van der Waals surface area contributed by atoms with E-state index in [2.05, 4.69) is 5.10 Å². The molecule has 68 valence electrons. The third-order valence-corrected chi connectivity index (χ3v) is 1.99. The van der Waals surface area contributed by atoms with E-state index in [1.165, 1.54) is 0 Å². The van der Waals surface area contributed by atoms with Crippen molar-refractivity contribution in [3.05, 3.63) is 11.3 Å². The fourth-order valence-electron chi connectivity index (χ4n) is 1.26. The van der Waals surface area contributed by atoms with Crippen LogP contribution in [0, 0.1) is 6.92 Å². The van der Waals surface area contributed by atoms with E-state index in [1.54, 1.807) is 7.11 Å². The molecule has 0 fully saturated rings. The number of hydrogen-bond donors (Lipinski definition) is 1. The summed E-state index contributed by atoms with van der Waals surface area (Å²) in [6.45, 7) is 5.37. The van der Waals surface area contributed by atoms with Crippen LogP contribution in [-0.4, -0.2) is 16.9 Å². The van der Waals surface area contributed by atoms with Crippen molar-refractivity contribution in [2.75, 3.05) is 7.11 Å². The second-order valence-electron chi connectivity index (χ2n) is 2.59. The molecule has 0 spiro atoms. The van der Waals surface area contributed by atoms with Crippen LogP contribution in [0.1, 0.15) is 18.2 Å². The Labute approximate surface area is 72.3 Å². The van der Waals surface area contributed by atoms with Gasteiger partial charge in [0.15, 0.2) is 0 Å². The second kappa shape index (κ2) is 3.58. The molecule has 0 atom stereocenters. The largest absolute Gasteiger partial charge is 0.480 e. The molecule has 0 aromatic carbocycles. The topological polar surface area (TPSA) is 53.1 Å². The van der Waals surface area contributed by atoms with Gasteiger partial charge in [-0.2, -0.15) is 0 Å². The lowest BCUT2D eigenvalue weighted by Gasteiger charge is -1.98. The Morgan fingerprint density at radius 2 is 2.25 bits per heavy atom. The number of aromatic nitrogens is 2. The van der Waals surface area contributed by atoms with Gasteiger partial charge in [-0.25, -0.2) is 0 Å². The summed E-state index contributed by atoms with van der Waals surface area (Å²) >= 11 is 0. The van der Waals surface area contributed by atoms with E-state index in [0.717, 1.165) is 17.8 Å². The third-order valence-electron chi connectivity index (χ3n) is 1.99. The Morgan fingerprint density at radius 3 is 2.58 bits per heavy atom. The van der Waals surface area contributed by atoms with Crippen LogP contribution in [0.3, 0.4) is 0 Å². The molecule has 0 aliphatic heterocycles. The number of ether oxygens (including phenoxy) is 1. The maximum atomic E-state index is 5.56. The minimum Gasteiger partial charge on any atom is -0.480 e. The van der Waals surface area contributed by atoms with Crippen LogP contribution in [0.15, 0.2) is 0 Å². The summed E-state index contributed by atoms with van der Waals surface area (Å²) in [5.41, 5.74) is 7.66. The van der Waals surface area contributed by atoms with Crippen molar-refractivity contribution in [3.8, 4) is 5.88 Å². The zero-order chi connectivity index (χ0) is 9.14. The molecule has 0 saturated carbocycles. The van der Waals surface area contributed by atoms with Crippen LogP contribution in [-0.2, 0) is 13.1 Å². The summed E-state index contributed by atoms with van der Waals surface area (Å²) in [6.07, 6.45) is 0. The molecule has 2 N–H and O–H groups in total. The minimum absolute atomic E-state index is 0.481. The Morgan fingerprint density at radius 1 is 1.58 bits per heavy atom. The van der Waals surface area contributed by atoms with E-state index >= 15 is 0 Å². The van der Waals surface area contributed by atoms with Gasteiger partial charge in [0, 0.05) is 18.8 Å². The molecule has 1 heterocycles. The van der Waals surface area contributed by atoms with Gasteiger partial charge >= 0.3 is 0 Å². The van der Waals surface area contributed by atoms with Crippen LogP contribution < -0.4 is 10.5 Å². The van der Waals surface area contributed by atoms with Gasteiger partial charge in [-0.1, -0.05) is 0 Å². The predicted octanol–water partition coefficient (Wildman–Crippen LogP) is 0.679. The Kier molecular flexibility index (Phi) is 2.70. The van der Waals surface area contributed by atoms with E-state index in [9.17, 15) is 0 Å². The van der Waals surface area contributed by atoms with E-state index in [4.69, 9.17) is 10.5 Å². The first-order valence-corrected chi connectivity index (χ1v) is 4.04. The van der Waals surface area contributed by atoms with Crippen LogP contribution in [0.2, 0.25) is 0 Å². The zero-order valence-electron chi connectivity index (χ0n) is 7.79. The lowest BCUT2D eigenvalue weighted by molar-refractivity contribution is 0.385. The highest BCUT2D eigenvalue weighted by Crippen LogP contribution is 2.19. The molecule has 1 rings (SSSR count). The summed E-state index contributed by atoms with van der Waals surface area (Å²) < 4.78 is 6.98. The molecule has 0 unspecified atom stereocenters. The SMILES string of the molecule is CCn1nc(OC)c(CN)c1C. The van der Waals surface area contributed by atoms with Gasteiger partial charge in [-0.3, -0.25) is 4.68 Å². The summed E-state index contributed by atoms with van der Waals surface area (Å²) in [5.74, 6) is 0.650. The summed E-state index contributed by atoms with van der Waals surface area (Å²) in [5, 5.41) is 4.23. The third kappa shape index (κ3) is 1.30. The lowest BCUT2D eigenvalue weighted by Crippen LogP contribution is -2.02. The van der Waals surface area contributed by atoms with Gasteiger partial charge in [0.25, 0.3) is 0 Å². The Balaban J connectivity index is 3.13. The van der Waals surface area contributed by atoms with E-state index in [0.29, 0.717) is 12.4 Å². The van der Waals surface area contributed by atoms with Crippen molar-refractivity contribution < 1.29 is 4.74 Å². The zero-order valence-corrected chi connectivity index (χ0v) is 7.79. The van der Waals surface area contributed by atoms with Crippen molar-refractivity contribution in [3.63, 3.8) is 0 Å². The first kappa shape index (κ1) is 9.06. The smallest absolute Gasteiger partial charge is 0.237 e. The number of hydrogen-bond acceptors (Lipinski definition) is 3. The molecule has 0 saturated heterocycles. The fourth-order valence-corrected chi connectivity index (χ4v) is 1.26. The van der Waals surface area contributed by atoms with Crippen molar-refractivity contribution in [1.29, 1.82) is 0 Å². The number of methoxy groups -OCH3 is 1. The maximum Gasteiger partial charge on any atom is 0.237 e. The molecular weight excluding hydrogens is 154 g/mol. The molecule has 0 amide bonds. The molecule has 0 radical (unpaired) electrons. The van der Waals surface area contributed by atoms with E-state index in [-0.39, 0.29) is 0 Å². The highest BCUT2D eigenvalue weighted by atomic mass is 16.5. The predicted molar refractivity (Wildman–Crippen MR) is 47.1 cm³/mol. The molecular formula is C8H15N3O. The van der Waals surface area contributed by atoms with Crippen molar-refractivity contribution in [1.82, 2.24) is 9.78 Å². The van der Waals surface area contributed by atoms with Crippen LogP contribution in [0.5, 0.6) is 5.88 Å². The first-order valence-electron chi connectivity index (χ1n) is 4.04. The summed E-state index contributed by atoms with van der Waals surface area (Å²) in [7, 11) is 1.61. The summed E-state index contributed by atoms with van der Waals surface area (Å²) in [6, 6.07) is 0. The van der Waals surface area contributed by atoms with Gasteiger partial charge in [0.1, 0.15) is 0 Å². The van der Waals surface area contributed by atoms with Crippen molar-refractivity contribution in [2.24, 2.45) is 5.73 Å². The maximum absolute atomic E-state index is 5.56. The second-order valence-corrected chi connectivity index (χ2v) is 2.59. The minimum atomic E-state index is 0.481. The Bertz CT molecular complexity index is 268. The average molecular weight is 169 g/mol. The number of nitrogens with two attached hydrogens (primary N) is 1. The van der Waals surface area contributed by atoms with Gasteiger partial charge in [-0.15, -0.1) is 5.10 Å². The monoisotopic (exact) mass is 169 g/mol. The average Bonchev–Trinajstić information content (AvgIpc) is 2.41. The standard InChI is InChI=1S/C8H15N3O/c1-4-11-6(2)7(5-9)8(10-11)12-3/h4-5,9H2,1-3H3. The normalized spacial score (nSPS) is 10.3. The molecule has 1 aromatic rings. The molecule has 4 heteroatoms. The van der Waals surface area contributed by atoms with Crippen molar-refractivity contribution in [2.45, 2.75) is 26.9 Å². The van der Waals surface area contributed by atoms with E-state index in [1.807, 2.05) is 18.5 Å². The highest BCUT2D eigenvalue weighted by Gasteiger charge is 2.11. The number of nitrogens with zero attached hydrogens (tertiary/aromatic N) is 2. The van der Waals surface area contributed by atoms with Gasteiger partial charge in [0.2, 0.25) is 5.88 Å². The van der Waals surface area contributed by atoms with Crippen LogP contribution >= 0.6 is 0 Å². The number of rotatable bonds is 3. The van der Waals surface area contributed by atoms with Crippen molar-refractivity contribution >= 4 is 0 Å². The summed E-state index contributed by atoms with van der Waals surface area (Å²) in [4.78, 5) is 0. The molecule has 0 aliphatic carbocycles. The molecule has 4 nitrogen and oxygen atoms in total. The Hall–Kier alpha value is -1.03. The molecule has 12 heavy (non-hydrogen) atoms. The lowest BCUT2D eigenvalue weighted by atomic mass is 10.2. The highest BCUT2D eigenvalue weighted by molar-refractivity contribution is 5.30. The van der Waals surface area contributed by atoms with Crippen LogP contribution in [0.25, 0.3) is 0 Å².